The Balaban J connectivity index is 1.90. The van der Waals surface area contributed by atoms with Gasteiger partial charge in [-0.25, -0.2) is 4.79 Å². The Morgan fingerprint density at radius 1 is 1.33 bits per heavy atom. The van der Waals surface area contributed by atoms with Gasteiger partial charge in [0, 0.05) is 17.8 Å². The lowest BCUT2D eigenvalue weighted by Gasteiger charge is -2.47. The predicted octanol–water partition coefficient (Wildman–Crippen LogP) is 4.79. The first-order chi connectivity index (χ1) is 14.1. The summed E-state index contributed by atoms with van der Waals surface area (Å²) in [5.74, 6) is -0.636. The summed E-state index contributed by atoms with van der Waals surface area (Å²) < 4.78 is 4.96. The monoisotopic (exact) mass is 430 g/mol. The summed E-state index contributed by atoms with van der Waals surface area (Å²) in [5.41, 5.74) is 3.45. The lowest BCUT2D eigenvalue weighted by molar-refractivity contribution is -0.150. The molecule has 0 bridgehead atoms. The van der Waals surface area contributed by atoms with Crippen LogP contribution in [0, 0.1) is 0 Å². The Hall–Kier alpha value is -2.28. The van der Waals surface area contributed by atoms with Gasteiger partial charge in [-0.05, 0) is 88.1 Å². The van der Waals surface area contributed by atoms with Crippen LogP contribution >= 0.6 is 11.8 Å². The van der Waals surface area contributed by atoms with Crippen molar-refractivity contribution in [3.05, 3.63) is 34.2 Å². The van der Waals surface area contributed by atoms with E-state index in [-0.39, 0.29) is 12.1 Å². The molecule has 2 atom stereocenters. The third kappa shape index (κ3) is 4.00. The minimum absolute atomic E-state index is 0.0918. The molecular weight excluding hydrogens is 400 g/mol. The Labute approximate surface area is 182 Å². The molecule has 1 aromatic rings. The number of thioether (sulfide) groups is 1. The van der Waals surface area contributed by atoms with Gasteiger partial charge in [0.25, 0.3) is 11.1 Å². The van der Waals surface area contributed by atoms with Gasteiger partial charge in [0.15, 0.2) is 0 Å². The SMILES string of the molecule is CCOC(=O)[C@H](C)N1C(=O)S/C(=C/c2ccc3c(c2)[C@@H](C)CC(C)(C)N3CC)C1=O. The number of rotatable bonds is 5. The minimum Gasteiger partial charge on any atom is -0.464 e. The molecule has 1 fully saturated rings. The molecule has 30 heavy (non-hydrogen) atoms. The van der Waals surface area contributed by atoms with Crippen LogP contribution < -0.4 is 4.90 Å². The summed E-state index contributed by atoms with van der Waals surface area (Å²) in [6, 6.07) is 5.26. The number of carbonyl (C=O) groups is 3. The number of fused-ring (bicyclic) bond motifs is 1. The molecule has 2 aliphatic heterocycles. The average molecular weight is 431 g/mol. The van der Waals surface area contributed by atoms with E-state index in [0.29, 0.717) is 10.8 Å². The van der Waals surface area contributed by atoms with Crippen molar-refractivity contribution >= 4 is 40.6 Å². The molecule has 0 spiro atoms. The molecule has 2 amide bonds. The first-order valence-corrected chi connectivity index (χ1v) is 11.3. The standard InChI is InChI=1S/C23H30N2O4S/c1-7-24-18-10-9-16(11-17(18)14(3)13-23(24,5)6)12-19-20(26)25(22(28)30-19)15(4)21(27)29-8-2/h9-12,14-15H,7-8,13H2,1-6H3/b19-12+/t14-,15-/m0/s1. The number of anilines is 1. The third-order valence-corrected chi connectivity index (χ3v) is 6.75. The molecule has 2 aliphatic rings. The first kappa shape index (κ1) is 22.4. The molecule has 162 valence electrons. The maximum atomic E-state index is 12.8. The molecule has 2 heterocycles. The molecule has 0 aromatic heterocycles. The van der Waals surface area contributed by atoms with E-state index in [2.05, 4.69) is 44.7 Å². The van der Waals surface area contributed by atoms with Crippen molar-refractivity contribution in [2.75, 3.05) is 18.1 Å². The van der Waals surface area contributed by atoms with Gasteiger partial charge in [-0.15, -0.1) is 0 Å². The number of hydrogen-bond acceptors (Lipinski definition) is 6. The molecule has 0 saturated carbocycles. The molecule has 0 radical (unpaired) electrons. The molecule has 3 rings (SSSR count). The van der Waals surface area contributed by atoms with Crippen molar-refractivity contribution in [3.63, 3.8) is 0 Å². The summed E-state index contributed by atoms with van der Waals surface area (Å²) >= 11 is 0.864. The van der Waals surface area contributed by atoms with Crippen LogP contribution in [0.1, 0.15) is 65.0 Å². The Morgan fingerprint density at radius 2 is 2.03 bits per heavy atom. The van der Waals surface area contributed by atoms with Crippen molar-refractivity contribution in [1.29, 1.82) is 0 Å². The second kappa shape index (κ2) is 8.46. The zero-order valence-electron chi connectivity index (χ0n) is 18.5. The van der Waals surface area contributed by atoms with Crippen LogP contribution in [0.4, 0.5) is 10.5 Å². The molecule has 6 nitrogen and oxygen atoms in total. The van der Waals surface area contributed by atoms with E-state index in [9.17, 15) is 14.4 Å². The fourth-order valence-electron chi connectivity index (χ4n) is 4.53. The lowest BCUT2D eigenvalue weighted by Crippen LogP contribution is -2.48. The van der Waals surface area contributed by atoms with Crippen LogP contribution in [0.15, 0.2) is 23.1 Å². The maximum Gasteiger partial charge on any atom is 0.329 e. The van der Waals surface area contributed by atoms with Gasteiger partial charge < -0.3 is 9.64 Å². The van der Waals surface area contributed by atoms with Crippen LogP contribution in [0.2, 0.25) is 0 Å². The fourth-order valence-corrected chi connectivity index (χ4v) is 5.44. The van der Waals surface area contributed by atoms with Gasteiger partial charge in [-0.1, -0.05) is 13.0 Å². The Morgan fingerprint density at radius 3 is 2.67 bits per heavy atom. The van der Waals surface area contributed by atoms with Gasteiger partial charge in [-0.2, -0.15) is 0 Å². The highest BCUT2D eigenvalue weighted by atomic mass is 32.2. The smallest absolute Gasteiger partial charge is 0.329 e. The van der Waals surface area contributed by atoms with Crippen LogP contribution in [0.25, 0.3) is 6.08 Å². The van der Waals surface area contributed by atoms with E-state index in [0.717, 1.165) is 35.2 Å². The van der Waals surface area contributed by atoms with Gasteiger partial charge in [0.1, 0.15) is 6.04 Å². The summed E-state index contributed by atoms with van der Waals surface area (Å²) in [7, 11) is 0. The van der Waals surface area contributed by atoms with Crippen LogP contribution in [0.5, 0.6) is 0 Å². The van der Waals surface area contributed by atoms with E-state index in [1.54, 1.807) is 13.0 Å². The van der Waals surface area contributed by atoms with Crippen molar-refractivity contribution < 1.29 is 19.1 Å². The van der Waals surface area contributed by atoms with Crippen molar-refractivity contribution in [1.82, 2.24) is 4.90 Å². The first-order valence-electron chi connectivity index (χ1n) is 10.5. The summed E-state index contributed by atoms with van der Waals surface area (Å²) in [4.78, 5) is 40.9. The zero-order chi connectivity index (χ0) is 22.2. The predicted molar refractivity (Wildman–Crippen MR) is 120 cm³/mol. The average Bonchev–Trinajstić information content (AvgIpc) is 2.94. The molecule has 0 unspecified atom stereocenters. The number of ether oxygens (including phenoxy) is 1. The van der Waals surface area contributed by atoms with Crippen LogP contribution in [0.3, 0.4) is 0 Å². The lowest BCUT2D eigenvalue weighted by atomic mass is 9.79. The van der Waals surface area contributed by atoms with Crippen molar-refractivity contribution in [2.24, 2.45) is 0 Å². The number of esters is 1. The minimum atomic E-state index is -0.938. The molecule has 7 heteroatoms. The van der Waals surface area contributed by atoms with Crippen molar-refractivity contribution in [2.45, 2.75) is 65.5 Å². The molecule has 0 N–H and O–H groups in total. The van der Waals surface area contributed by atoms with Crippen LogP contribution in [-0.4, -0.2) is 46.7 Å². The second-order valence-electron chi connectivity index (χ2n) is 8.46. The van der Waals surface area contributed by atoms with Gasteiger partial charge in [0.05, 0.1) is 11.5 Å². The largest absolute Gasteiger partial charge is 0.464 e. The highest BCUT2D eigenvalue weighted by Crippen LogP contribution is 2.44. The van der Waals surface area contributed by atoms with E-state index in [1.807, 2.05) is 6.07 Å². The zero-order valence-corrected chi connectivity index (χ0v) is 19.3. The summed E-state index contributed by atoms with van der Waals surface area (Å²) in [5, 5.41) is -0.447. The fraction of sp³-hybridized carbons (Fsp3) is 0.522. The van der Waals surface area contributed by atoms with E-state index in [4.69, 9.17) is 4.74 Å². The van der Waals surface area contributed by atoms with E-state index < -0.39 is 23.2 Å². The quantitative estimate of drug-likeness (QED) is 0.494. The number of amides is 2. The summed E-state index contributed by atoms with van der Waals surface area (Å²) in [6.07, 6.45) is 2.79. The third-order valence-electron chi connectivity index (χ3n) is 5.86. The van der Waals surface area contributed by atoms with Gasteiger partial charge in [-0.3, -0.25) is 14.5 Å². The molecular formula is C23H30N2O4S. The maximum absolute atomic E-state index is 12.8. The normalized spacial score (nSPS) is 23.0. The number of carbonyl (C=O) groups excluding carboxylic acids is 3. The molecule has 1 aromatic carbocycles. The Bertz CT molecular complexity index is 908. The van der Waals surface area contributed by atoms with E-state index in [1.165, 1.54) is 18.2 Å². The number of hydrogen-bond donors (Lipinski definition) is 0. The topological polar surface area (TPSA) is 66.9 Å². The number of nitrogens with zero attached hydrogens (tertiary/aromatic N) is 2. The second-order valence-corrected chi connectivity index (χ2v) is 9.45. The number of imide groups is 1. The van der Waals surface area contributed by atoms with Gasteiger partial charge in [0.2, 0.25) is 0 Å². The Kier molecular flexibility index (Phi) is 6.32. The molecule has 1 saturated heterocycles. The molecule has 0 aliphatic carbocycles. The number of benzene rings is 1. The highest BCUT2D eigenvalue weighted by molar-refractivity contribution is 8.18. The van der Waals surface area contributed by atoms with Crippen LogP contribution in [-0.2, 0) is 14.3 Å². The summed E-state index contributed by atoms with van der Waals surface area (Å²) in [6.45, 7) is 13.3. The van der Waals surface area contributed by atoms with E-state index >= 15 is 0 Å². The van der Waals surface area contributed by atoms with Crippen molar-refractivity contribution in [3.8, 4) is 0 Å². The van der Waals surface area contributed by atoms with Gasteiger partial charge >= 0.3 is 5.97 Å². The highest BCUT2D eigenvalue weighted by Gasteiger charge is 2.41.